The first-order chi connectivity index (χ1) is 9.15. The summed E-state index contributed by atoms with van der Waals surface area (Å²) in [6, 6.07) is 0. The molecule has 1 atom stereocenters. The molecule has 1 unspecified atom stereocenters. The van der Waals surface area contributed by atoms with Crippen molar-refractivity contribution in [3.8, 4) is 0 Å². The fourth-order valence-electron chi connectivity index (χ4n) is 2.73. The molecule has 0 spiro atoms. The van der Waals surface area contributed by atoms with E-state index >= 15 is 0 Å². The molecule has 0 aromatic carbocycles. The fourth-order valence-corrected chi connectivity index (χ4v) is 2.73. The van der Waals surface area contributed by atoms with Crippen molar-refractivity contribution in [2.24, 2.45) is 11.3 Å². The second kappa shape index (κ2) is 7.80. The Morgan fingerprint density at radius 1 is 1.15 bits per heavy atom. The molecule has 1 N–H and O–H groups in total. The summed E-state index contributed by atoms with van der Waals surface area (Å²) < 4.78 is 13.7. The molecule has 2 nitrogen and oxygen atoms in total. The monoisotopic (exact) mass is 286 g/mol. The minimum absolute atomic E-state index is 0.157. The number of aliphatic hydroxyl groups is 1. The molecular formula is C17H31FO2. The first-order valence-corrected chi connectivity index (χ1v) is 7.79. The maximum atomic E-state index is 13.7. The number of allylic oxidation sites excluding steroid dienone is 2. The van der Waals surface area contributed by atoms with E-state index in [1.807, 2.05) is 27.7 Å². The molecule has 3 heteroatoms. The largest absolute Gasteiger partial charge is 0.512 e. The molecule has 0 heterocycles. The molecule has 0 amide bonds. The first-order valence-electron chi connectivity index (χ1n) is 7.79. The van der Waals surface area contributed by atoms with Crippen LogP contribution in [-0.4, -0.2) is 16.6 Å². The Hall–Kier alpha value is -0.860. The van der Waals surface area contributed by atoms with Gasteiger partial charge in [-0.25, -0.2) is 4.39 Å². The normalized spacial score (nSPS) is 15.2. The lowest BCUT2D eigenvalue weighted by Crippen LogP contribution is -2.25. The zero-order valence-electron chi connectivity index (χ0n) is 13.9. The van der Waals surface area contributed by atoms with Crippen LogP contribution in [0.4, 0.5) is 4.39 Å². The second-order valence-corrected chi connectivity index (χ2v) is 6.30. The van der Waals surface area contributed by atoms with E-state index in [2.05, 4.69) is 0 Å². The summed E-state index contributed by atoms with van der Waals surface area (Å²) in [5.41, 5.74) is -1.68. The van der Waals surface area contributed by atoms with E-state index in [1.165, 1.54) is 19.9 Å². The number of carbonyl (C=O) groups excluding carboxylic acids is 1. The highest BCUT2D eigenvalue weighted by molar-refractivity contribution is 5.92. The summed E-state index contributed by atoms with van der Waals surface area (Å²) >= 11 is 0. The summed E-state index contributed by atoms with van der Waals surface area (Å²) in [6.45, 7) is 10.9. The predicted molar refractivity (Wildman–Crippen MR) is 82.6 cm³/mol. The molecule has 118 valence electrons. The molecule has 0 radical (unpaired) electrons. The van der Waals surface area contributed by atoms with Crippen molar-refractivity contribution >= 4 is 5.78 Å². The molecular weight excluding hydrogens is 255 g/mol. The lowest BCUT2D eigenvalue weighted by molar-refractivity contribution is -0.119. The van der Waals surface area contributed by atoms with E-state index in [-0.39, 0.29) is 29.3 Å². The van der Waals surface area contributed by atoms with Gasteiger partial charge in [0.05, 0.1) is 0 Å². The maximum Gasteiger partial charge on any atom is 0.162 e. The molecule has 0 aliphatic carbocycles. The minimum Gasteiger partial charge on any atom is -0.512 e. The Labute approximate surface area is 123 Å². The SMILES string of the molecule is CCC(CC(C)(C)F)C(=O)/C=C(\O)C(CC)(CC)CC. The van der Waals surface area contributed by atoms with Crippen molar-refractivity contribution in [1.82, 2.24) is 0 Å². The highest BCUT2D eigenvalue weighted by atomic mass is 19.1. The van der Waals surface area contributed by atoms with Gasteiger partial charge < -0.3 is 5.11 Å². The molecule has 0 aromatic rings. The van der Waals surface area contributed by atoms with Gasteiger partial charge in [-0.1, -0.05) is 27.7 Å². The van der Waals surface area contributed by atoms with Crippen LogP contribution in [0.25, 0.3) is 0 Å². The number of aliphatic hydroxyl groups excluding tert-OH is 1. The molecule has 0 saturated heterocycles. The van der Waals surface area contributed by atoms with Gasteiger partial charge in [0.1, 0.15) is 11.4 Å². The number of alkyl halides is 1. The quantitative estimate of drug-likeness (QED) is 0.456. The molecule has 0 aromatic heterocycles. The summed E-state index contributed by atoms with van der Waals surface area (Å²) in [5.74, 6) is -0.360. The number of hydrogen-bond donors (Lipinski definition) is 1. The number of halogens is 1. The van der Waals surface area contributed by atoms with E-state index in [0.717, 1.165) is 19.3 Å². The van der Waals surface area contributed by atoms with Crippen LogP contribution in [-0.2, 0) is 4.79 Å². The molecule has 0 aliphatic heterocycles. The smallest absolute Gasteiger partial charge is 0.162 e. The third kappa shape index (κ3) is 5.26. The topological polar surface area (TPSA) is 37.3 Å². The Morgan fingerprint density at radius 3 is 1.90 bits per heavy atom. The van der Waals surface area contributed by atoms with Gasteiger partial charge in [-0.15, -0.1) is 0 Å². The van der Waals surface area contributed by atoms with Crippen molar-refractivity contribution in [2.45, 2.75) is 79.3 Å². The zero-order chi connectivity index (χ0) is 16.0. The van der Waals surface area contributed by atoms with Crippen LogP contribution in [0.1, 0.15) is 73.6 Å². The van der Waals surface area contributed by atoms with Crippen LogP contribution in [0.5, 0.6) is 0 Å². The molecule has 0 saturated carbocycles. The van der Waals surface area contributed by atoms with E-state index in [4.69, 9.17) is 0 Å². The van der Waals surface area contributed by atoms with Gasteiger partial charge in [-0.05, 0) is 46.0 Å². The van der Waals surface area contributed by atoms with Gasteiger partial charge >= 0.3 is 0 Å². The molecule has 0 fully saturated rings. The lowest BCUT2D eigenvalue weighted by atomic mass is 9.77. The Balaban J connectivity index is 5.14. The van der Waals surface area contributed by atoms with Crippen LogP contribution < -0.4 is 0 Å². The summed E-state index contributed by atoms with van der Waals surface area (Å²) in [6.07, 6.45) is 4.51. The molecule has 0 rings (SSSR count). The number of carbonyl (C=O) groups is 1. The van der Waals surface area contributed by atoms with Crippen molar-refractivity contribution in [1.29, 1.82) is 0 Å². The van der Waals surface area contributed by atoms with Gasteiger partial charge in [-0.2, -0.15) is 0 Å². The van der Waals surface area contributed by atoms with E-state index < -0.39 is 5.67 Å². The average molecular weight is 286 g/mol. The summed E-state index contributed by atoms with van der Waals surface area (Å²) in [5, 5.41) is 10.3. The fraction of sp³-hybridized carbons (Fsp3) is 0.824. The Kier molecular flexibility index (Phi) is 7.46. The third-order valence-electron chi connectivity index (χ3n) is 4.48. The Bertz CT molecular complexity index is 327. The van der Waals surface area contributed by atoms with Gasteiger partial charge in [0.15, 0.2) is 5.78 Å². The molecule has 0 bridgehead atoms. The van der Waals surface area contributed by atoms with Crippen molar-refractivity contribution in [3.05, 3.63) is 11.8 Å². The third-order valence-corrected chi connectivity index (χ3v) is 4.48. The van der Waals surface area contributed by atoms with Crippen LogP contribution in [0, 0.1) is 11.3 Å². The predicted octanol–water partition coefficient (Wildman–Crippen LogP) is 5.38. The first kappa shape index (κ1) is 19.1. The standard InChI is InChI=1S/C17H31FO2/c1-7-13(12-16(5,6)18)14(19)11-15(20)17(8-2,9-3)10-4/h11,13,20H,7-10,12H2,1-6H3/b15-11-. The van der Waals surface area contributed by atoms with Gasteiger partial charge in [0.25, 0.3) is 0 Å². The van der Waals surface area contributed by atoms with Gasteiger partial charge in [0.2, 0.25) is 0 Å². The average Bonchev–Trinajstić information content (AvgIpc) is 2.37. The van der Waals surface area contributed by atoms with Gasteiger partial charge in [0, 0.05) is 17.4 Å². The molecule has 20 heavy (non-hydrogen) atoms. The van der Waals surface area contributed by atoms with E-state index in [9.17, 15) is 14.3 Å². The highest BCUT2D eigenvalue weighted by Crippen LogP contribution is 2.37. The van der Waals surface area contributed by atoms with E-state index in [1.54, 1.807) is 0 Å². The zero-order valence-corrected chi connectivity index (χ0v) is 13.9. The summed E-state index contributed by atoms with van der Waals surface area (Å²) in [4.78, 5) is 12.3. The summed E-state index contributed by atoms with van der Waals surface area (Å²) in [7, 11) is 0. The number of hydrogen-bond acceptors (Lipinski definition) is 2. The highest BCUT2D eigenvalue weighted by Gasteiger charge is 2.31. The minimum atomic E-state index is -1.36. The maximum absolute atomic E-state index is 13.7. The van der Waals surface area contributed by atoms with Crippen molar-refractivity contribution in [2.75, 3.05) is 0 Å². The van der Waals surface area contributed by atoms with Crippen LogP contribution in [0.2, 0.25) is 0 Å². The van der Waals surface area contributed by atoms with Crippen LogP contribution >= 0.6 is 0 Å². The van der Waals surface area contributed by atoms with Crippen molar-refractivity contribution in [3.63, 3.8) is 0 Å². The number of rotatable bonds is 9. The molecule has 0 aliphatic rings. The Morgan fingerprint density at radius 2 is 1.60 bits per heavy atom. The number of ketones is 1. The van der Waals surface area contributed by atoms with Crippen LogP contribution in [0.3, 0.4) is 0 Å². The van der Waals surface area contributed by atoms with Gasteiger partial charge in [-0.3, -0.25) is 4.79 Å². The lowest BCUT2D eigenvalue weighted by Gasteiger charge is -2.30. The second-order valence-electron chi connectivity index (χ2n) is 6.30. The van der Waals surface area contributed by atoms with E-state index in [0.29, 0.717) is 6.42 Å². The van der Waals surface area contributed by atoms with Crippen molar-refractivity contribution < 1.29 is 14.3 Å². The van der Waals surface area contributed by atoms with Crippen LogP contribution in [0.15, 0.2) is 11.8 Å².